The molecule has 3 rings (SSSR count). The molecule has 0 aliphatic heterocycles. The summed E-state index contributed by atoms with van der Waals surface area (Å²) in [6.07, 6.45) is 0. The molecule has 0 spiro atoms. The summed E-state index contributed by atoms with van der Waals surface area (Å²) >= 11 is 1.48. The lowest BCUT2D eigenvalue weighted by molar-refractivity contribution is 0.100. The quantitative estimate of drug-likeness (QED) is 0.738. The maximum absolute atomic E-state index is 13.1. The van der Waals surface area contributed by atoms with E-state index in [9.17, 15) is 9.18 Å². The van der Waals surface area contributed by atoms with Crippen molar-refractivity contribution < 1.29 is 9.18 Å². The van der Waals surface area contributed by atoms with Crippen LogP contribution in [0.1, 0.15) is 29.8 Å². The van der Waals surface area contributed by atoms with Crippen molar-refractivity contribution in [2.45, 2.75) is 19.3 Å². The van der Waals surface area contributed by atoms with E-state index in [1.807, 2.05) is 0 Å². The molecule has 1 aromatic heterocycles. The molecule has 0 unspecified atom stereocenters. The monoisotopic (exact) mass is 343 g/mol. The van der Waals surface area contributed by atoms with Crippen molar-refractivity contribution in [3.05, 3.63) is 59.4 Å². The molecule has 0 bridgehead atoms. The molecule has 3 aromatic rings. The predicted octanol–water partition coefficient (Wildman–Crippen LogP) is 3.92. The Kier molecular flexibility index (Phi) is 4.24. The lowest BCUT2D eigenvalue weighted by atomic mass is 9.85. The normalized spacial score (nSPS) is 11.6. The van der Waals surface area contributed by atoms with Gasteiger partial charge in [0, 0.05) is 17.5 Å². The van der Waals surface area contributed by atoms with Crippen LogP contribution in [0.15, 0.2) is 42.5 Å². The van der Waals surface area contributed by atoms with Gasteiger partial charge in [0.25, 0.3) is 0 Å². The number of halogens is 1. The van der Waals surface area contributed by atoms with E-state index >= 15 is 0 Å². The van der Waals surface area contributed by atoms with Gasteiger partial charge in [-0.3, -0.25) is 4.79 Å². The smallest absolute Gasteiger partial charge is 0.248 e. The highest BCUT2D eigenvalue weighted by Gasteiger charge is 2.21. The second-order valence-corrected chi connectivity index (χ2v) is 7.34. The zero-order valence-corrected chi connectivity index (χ0v) is 14.3. The number of anilines is 1. The van der Waals surface area contributed by atoms with Gasteiger partial charge in [-0.15, -0.1) is 0 Å². The summed E-state index contributed by atoms with van der Waals surface area (Å²) in [7, 11) is 0. The first-order valence-electron chi connectivity index (χ1n) is 7.55. The molecule has 4 nitrogen and oxygen atoms in total. The molecule has 1 amide bonds. The SMILES string of the molecule is CC(C)(CNc1nc2ccc(C(N)=O)cc2s1)c1ccc(F)cc1. The number of hydrogen-bond donors (Lipinski definition) is 2. The Bertz CT molecular complexity index is 887. The first-order chi connectivity index (χ1) is 11.3. The van der Waals surface area contributed by atoms with Crippen LogP contribution >= 0.6 is 11.3 Å². The van der Waals surface area contributed by atoms with E-state index in [1.54, 1.807) is 30.3 Å². The van der Waals surface area contributed by atoms with Crippen molar-refractivity contribution in [2.75, 3.05) is 11.9 Å². The highest BCUT2D eigenvalue weighted by atomic mass is 32.1. The average molecular weight is 343 g/mol. The number of hydrogen-bond acceptors (Lipinski definition) is 4. The molecule has 0 saturated carbocycles. The number of benzene rings is 2. The fraction of sp³-hybridized carbons (Fsp3) is 0.222. The Hall–Kier alpha value is -2.47. The minimum absolute atomic E-state index is 0.177. The number of amides is 1. The molecule has 0 saturated heterocycles. The Balaban J connectivity index is 1.77. The zero-order valence-electron chi connectivity index (χ0n) is 13.5. The van der Waals surface area contributed by atoms with Gasteiger partial charge in [-0.2, -0.15) is 0 Å². The second-order valence-electron chi connectivity index (χ2n) is 6.31. The van der Waals surface area contributed by atoms with Gasteiger partial charge in [0.05, 0.1) is 10.2 Å². The summed E-state index contributed by atoms with van der Waals surface area (Å²) in [5, 5.41) is 4.11. The second kappa shape index (κ2) is 6.20. The summed E-state index contributed by atoms with van der Waals surface area (Å²) < 4.78 is 14.0. The van der Waals surface area contributed by atoms with Crippen molar-refractivity contribution in [3.63, 3.8) is 0 Å². The maximum Gasteiger partial charge on any atom is 0.248 e. The molecule has 124 valence electrons. The molecule has 6 heteroatoms. The first-order valence-corrected chi connectivity index (χ1v) is 8.37. The summed E-state index contributed by atoms with van der Waals surface area (Å²) in [5.41, 5.74) is 7.48. The number of nitrogens with one attached hydrogen (secondary N) is 1. The highest BCUT2D eigenvalue weighted by molar-refractivity contribution is 7.22. The van der Waals surface area contributed by atoms with E-state index in [0.717, 1.165) is 20.9 Å². The number of carbonyl (C=O) groups is 1. The van der Waals surface area contributed by atoms with Gasteiger partial charge in [-0.05, 0) is 35.9 Å². The van der Waals surface area contributed by atoms with E-state index in [0.29, 0.717) is 12.1 Å². The number of rotatable bonds is 5. The van der Waals surface area contributed by atoms with Gasteiger partial charge in [-0.25, -0.2) is 9.37 Å². The largest absolute Gasteiger partial charge is 0.366 e. The first kappa shape index (κ1) is 16.4. The highest BCUT2D eigenvalue weighted by Crippen LogP contribution is 2.29. The average Bonchev–Trinajstić information content (AvgIpc) is 2.95. The molecule has 0 fully saturated rings. The number of carbonyl (C=O) groups excluding carboxylic acids is 1. The molecule has 1 heterocycles. The van der Waals surface area contributed by atoms with E-state index < -0.39 is 5.91 Å². The maximum atomic E-state index is 13.1. The van der Waals surface area contributed by atoms with Crippen LogP contribution < -0.4 is 11.1 Å². The number of fused-ring (bicyclic) bond motifs is 1. The van der Waals surface area contributed by atoms with Gasteiger partial charge in [-0.1, -0.05) is 37.3 Å². The van der Waals surface area contributed by atoms with Gasteiger partial charge in [0.1, 0.15) is 5.82 Å². The van der Waals surface area contributed by atoms with Crippen LogP contribution in [0.4, 0.5) is 9.52 Å². The number of nitrogens with two attached hydrogens (primary N) is 1. The molecule has 0 aliphatic rings. The molecule has 24 heavy (non-hydrogen) atoms. The van der Waals surface area contributed by atoms with Crippen LogP contribution in [0.2, 0.25) is 0 Å². The van der Waals surface area contributed by atoms with Gasteiger partial charge in [0.2, 0.25) is 5.91 Å². The minimum Gasteiger partial charge on any atom is -0.366 e. The third-order valence-corrected chi connectivity index (χ3v) is 4.96. The number of primary amides is 1. The topological polar surface area (TPSA) is 68.0 Å². The summed E-state index contributed by atoms with van der Waals surface area (Å²) in [4.78, 5) is 15.8. The van der Waals surface area contributed by atoms with Crippen LogP contribution in [0, 0.1) is 5.82 Å². The van der Waals surface area contributed by atoms with Crippen molar-refractivity contribution in [2.24, 2.45) is 5.73 Å². The van der Waals surface area contributed by atoms with Crippen molar-refractivity contribution in [1.82, 2.24) is 4.98 Å². The van der Waals surface area contributed by atoms with Crippen LogP contribution in [-0.2, 0) is 5.41 Å². The van der Waals surface area contributed by atoms with Crippen LogP contribution in [0.25, 0.3) is 10.2 Å². The minimum atomic E-state index is -0.447. The van der Waals surface area contributed by atoms with Crippen LogP contribution in [0.3, 0.4) is 0 Å². The molecule has 2 aromatic carbocycles. The third kappa shape index (κ3) is 3.38. The fourth-order valence-corrected chi connectivity index (χ4v) is 3.35. The number of aromatic nitrogens is 1. The van der Waals surface area contributed by atoms with Gasteiger partial charge < -0.3 is 11.1 Å². The molecule has 0 atom stereocenters. The van der Waals surface area contributed by atoms with E-state index in [4.69, 9.17) is 5.73 Å². The van der Waals surface area contributed by atoms with Crippen molar-refractivity contribution in [3.8, 4) is 0 Å². The third-order valence-electron chi connectivity index (χ3n) is 3.98. The van der Waals surface area contributed by atoms with Crippen LogP contribution in [0.5, 0.6) is 0 Å². The molecule has 0 radical (unpaired) electrons. The Morgan fingerprint density at radius 3 is 2.62 bits per heavy atom. The van der Waals surface area contributed by atoms with E-state index in [-0.39, 0.29) is 11.2 Å². The molecular weight excluding hydrogens is 325 g/mol. The molecular formula is C18H18FN3OS. The van der Waals surface area contributed by atoms with E-state index in [1.165, 1.54) is 23.5 Å². The van der Waals surface area contributed by atoms with E-state index in [2.05, 4.69) is 24.1 Å². The predicted molar refractivity (Wildman–Crippen MR) is 96.1 cm³/mol. The lowest BCUT2D eigenvalue weighted by Gasteiger charge is -2.25. The van der Waals surface area contributed by atoms with Gasteiger partial charge >= 0.3 is 0 Å². The Labute approximate surface area is 143 Å². The van der Waals surface area contributed by atoms with Crippen LogP contribution in [-0.4, -0.2) is 17.4 Å². The standard InChI is InChI=1S/C18H18FN3OS/c1-18(2,12-4-6-13(19)7-5-12)10-21-17-22-14-8-3-11(16(20)23)9-15(14)24-17/h3-9H,10H2,1-2H3,(H2,20,23)(H,21,22). The molecule has 0 aliphatic carbocycles. The number of thiazole rings is 1. The fourth-order valence-electron chi connectivity index (χ4n) is 2.45. The van der Waals surface area contributed by atoms with Gasteiger partial charge in [0.15, 0.2) is 5.13 Å². The lowest BCUT2D eigenvalue weighted by Crippen LogP contribution is -2.27. The molecule has 3 N–H and O–H groups in total. The zero-order chi connectivity index (χ0) is 17.3. The summed E-state index contributed by atoms with van der Waals surface area (Å²) in [5.74, 6) is -0.684. The van der Waals surface area contributed by atoms with Crippen molar-refractivity contribution in [1.29, 1.82) is 0 Å². The Morgan fingerprint density at radius 1 is 1.25 bits per heavy atom. The summed E-state index contributed by atoms with van der Waals surface area (Å²) in [6.45, 7) is 4.83. The van der Waals surface area contributed by atoms with Crippen molar-refractivity contribution >= 4 is 32.6 Å². The number of nitrogens with zero attached hydrogens (tertiary/aromatic N) is 1. The Morgan fingerprint density at radius 2 is 1.96 bits per heavy atom. The summed E-state index contributed by atoms with van der Waals surface area (Å²) in [6, 6.07) is 11.8.